The molecule has 1 fully saturated rings. The molecule has 2 aromatic rings. The van der Waals surface area contributed by atoms with Crippen molar-refractivity contribution in [3.63, 3.8) is 0 Å². The number of anilines is 1. The standard InChI is InChI=1S/C21H24F3N3O/c22-16-5-6-18(21(24)20(16)23)27-13-11-25(12-14-27)8-2-9-26-10-7-15-17(26)3-1-4-19(15)28/h5-7,10H,1-4,8-9,11-14H2. The first kappa shape index (κ1) is 19.1. The number of carbonyl (C=O) groups is 1. The lowest BCUT2D eigenvalue weighted by molar-refractivity contribution is 0.0971. The van der Waals surface area contributed by atoms with Crippen molar-refractivity contribution in [2.75, 3.05) is 37.6 Å². The zero-order chi connectivity index (χ0) is 19.7. The van der Waals surface area contributed by atoms with Gasteiger partial charge in [-0.1, -0.05) is 0 Å². The number of benzene rings is 1. The lowest BCUT2D eigenvalue weighted by atomic mass is 9.97. The summed E-state index contributed by atoms with van der Waals surface area (Å²) in [5.41, 5.74) is 2.17. The predicted molar refractivity (Wildman–Crippen MR) is 101 cm³/mol. The van der Waals surface area contributed by atoms with E-state index in [4.69, 9.17) is 0 Å². The lowest BCUT2D eigenvalue weighted by Crippen LogP contribution is -2.47. The van der Waals surface area contributed by atoms with Gasteiger partial charge in [0.05, 0.1) is 5.69 Å². The molecule has 150 valence electrons. The van der Waals surface area contributed by atoms with Crippen LogP contribution in [0, 0.1) is 17.5 Å². The Bertz CT molecular complexity index is 872. The van der Waals surface area contributed by atoms with Crippen LogP contribution >= 0.6 is 0 Å². The number of carbonyl (C=O) groups excluding carboxylic acids is 1. The fraction of sp³-hybridized carbons (Fsp3) is 0.476. The van der Waals surface area contributed by atoms with Crippen molar-refractivity contribution >= 4 is 11.5 Å². The highest BCUT2D eigenvalue weighted by molar-refractivity contribution is 5.98. The minimum Gasteiger partial charge on any atom is -0.367 e. The molecule has 4 nitrogen and oxygen atoms in total. The molecule has 2 heterocycles. The number of Topliss-reactive ketones (excluding diaryl/α,β-unsaturated/α-hetero) is 1. The summed E-state index contributed by atoms with van der Waals surface area (Å²) in [6, 6.07) is 4.22. The zero-order valence-corrected chi connectivity index (χ0v) is 15.8. The van der Waals surface area contributed by atoms with Gasteiger partial charge in [0.1, 0.15) is 0 Å². The molecule has 0 spiro atoms. The minimum absolute atomic E-state index is 0.127. The molecule has 0 bridgehead atoms. The van der Waals surface area contributed by atoms with Gasteiger partial charge in [0.2, 0.25) is 0 Å². The summed E-state index contributed by atoms with van der Waals surface area (Å²) >= 11 is 0. The molecule has 1 aromatic carbocycles. The summed E-state index contributed by atoms with van der Waals surface area (Å²) < 4.78 is 42.7. The van der Waals surface area contributed by atoms with E-state index in [1.54, 1.807) is 4.90 Å². The average molecular weight is 391 g/mol. The number of piperazine rings is 1. The van der Waals surface area contributed by atoms with Crippen molar-refractivity contribution in [2.45, 2.75) is 32.2 Å². The van der Waals surface area contributed by atoms with Crippen LogP contribution in [0.5, 0.6) is 0 Å². The quantitative estimate of drug-likeness (QED) is 0.729. The van der Waals surface area contributed by atoms with Crippen LogP contribution in [0.1, 0.15) is 35.3 Å². The Balaban J connectivity index is 1.28. The Kier molecular flexibility index (Phi) is 5.44. The highest BCUT2D eigenvalue weighted by Gasteiger charge is 2.23. The number of hydrogen-bond acceptors (Lipinski definition) is 3. The Hall–Kier alpha value is -2.28. The van der Waals surface area contributed by atoms with Crippen LogP contribution in [0.2, 0.25) is 0 Å². The third-order valence-corrected chi connectivity index (χ3v) is 5.80. The molecule has 28 heavy (non-hydrogen) atoms. The Labute approximate surface area is 162 Å². The summed E-state index contributed by atoms with van der Waals surface area (Å²) in [6.45, 7) is 4.45. The van der Waals surface area contributed by atoms with Gasteiger partial charge in [0, 0.05) is 56.6 Å². The monoisotopic (exact) mass is 391 g/mol. The van der Waals surface area contributed by atoms with Crippen LogP contribution < -0.4 is 4.90 Å². The van der Waals surface area contributed by atoms with Crippen molar-refractivity contribution in [1.29, 1.82) is 0 Å². The Morgan fingerprint density at radius 2 is 1.68 bits per heavy atom. The molecular weight excluding hydrogens is 367 g/mol. The second kappa shape index (κ2) is 7.99. The largest absolute Gasteiger partial charge is 0.367 e. The maximum absolute atomic E-state index is 14.0. The smallest absolute Gasteiger partial charge is 0.196 e. The van der Waals surface area contributed by atoms with Gasteiger partial charge in [0.25, 0.3) is 0 Å². The maximum Gasteiger partial charge on any atom is 0.196 e. The topological polar surface area (TPSA) is 28.5 Å². The van der Waals surface area contributed by atoms with E-state index in [1.807, 2.05) is 12.3 Å². The average Bonchev–Trinajstić information content (AvgIpc) is 3.12. The third-order valence-electron chi connectivity index (χ3n) is 5.80. The normalized spacial score (nSPS) is 17.8. The van der Waals surface area contributed by atoms with Gasteiger partial charge < -0.3 is 9.47 Å². The molecule has 0 amide bonds. The van der Waals surface area contributed by atoms with Crippen molar-refractivity contribution in [3.05, 3.63) is 53.1 Å². The highest BCUT2D eigenvalue weighted by Crippen LogP contribution is 2.25. The second-order valence-corrected chi connectivity index (χ2v) is 7.52. The first-order valence-electron chi connectivity index (χ1n) is 9.86. The number of fused-ring (bicyclic) bond motifs is 1. The van der Waals surface area contributed by atoms with Crippen molar-refractivity contribution in [3.8, 4) is 0 Å². The second-order valence-electron chi connectivity index (χ2n) is 7.52. The van der Waals surface area contributed by atoms with Crippen molar-refractivity contribution in [2.24, 2.45) is 0 Å². The van der Waals surface area contributed by atoms with E-state index in [1.165, 1.54) is 6.07 Å². The minimum atomic E-state index is -1.41. The van der Waals surface area contributed by atoms with Crippen LogP contribution in [0.15, 0.2) is 24.4 Å². The van der Waals surface area contributed by atoms with Gasteiger partial charge >= 0.3 is 0 Å². The Morgan fingerprint density at radius 1 is 0.893 bits per heavy atom. The summed E-state index contributed by atoms with van der Waals surface area (Å²) in [7, 11) is 0. The van der Waals surface area contributed by atoms with Crippen LogP contribution in [0.25, 0.3) is 0 Å². The van der Waals surface area contributed by atoms with E-state index in [-0.39, 0.29) is 11.5 Å². The van der Waals surface area contributed by atoms with E-state index in [9.17, 15) is 18.0 Å². The molecule has 1 aliphatic heterocycles. The van der Waals surface area contributed by atoms with Crippen molar-refractivity contribution < 1.29 is 18.0 Å². The van der Waals surface area contributed by atoms with Gasteiger partial charge in [-0.25, -0.2) is 13.2 Å². The van der Waals surface area contributed by atoms with Gasteiger partial charge in [-0.05, 0) is 44.0 Å². The van der Waals surface area contributed by atoms with E-state index in [2.05, 4.69) is 9.47 Å². The van der Waals surface area contributed by atoms with Gasteiger partial charge in [-0.15, -0.1) is 0 Å². The van der Waals surface area contributed by atoms with E-state index < -0.39 is 17.5 Å². The summed E-state index contributed by atoms with van der Waals surface area (Å²) in [6.07, 6.45) is 5.53. The molecular formula is C21H24F3N3O. The SMILES string of the molecule is O=C1CCCc2c1ccn2CCCN1CCN(c2ccc(F)c(F)c2F)CC1. The molecule has 4 rings (SSSR count). The van der Waals surface area contributed by atoms with Gasteiger partial charge in [-0.3, -0.25) is 9.69 Å². The molecule has 0 unspecified atom stereocenters. The lowest BCUT2D eigenvalue weighted by Gasteiger charge is -2.36. The number of nitrogens with zero attached hydrogens (tertiary/aromatic N) is 3. The first-order chi connectivity index (χ1) is 13.5. The molecule has 1 saturated heterocycles. The fourth-order valence-corrected chi connectivity index (χ4v) is 4.24. The van der Waals surface area contributed by atoms with Crippen LogP contribution in [0.3, 0.4) is 0 Å². The van der Waals surface area contributed by atoms with Crippen LogP contribution in [-0.2, 0) is 13.0 Å². The van der Waals surface area contributed by atoms with Crippen LogP contribution in [-0.4, -0.2) is 48.0 Å². The van der Waals surface area contributed by atoms with Gasteiger partial charge in [0.15, 0.2) is 23.2 Å². The third kappa shape index (κ3) is 3.68. The molecule has 0 atom stereocenters. The molecule has 2 aliphatic rings. The number of ketones is 1. The maximum atomic E-state index is 14.0. The van der Waals surface area contributed by atoms with Crippen molar-refractivity contribution in [1.82, 2.24) is 9.47 Å². The zero-order valence-electron chi connectivity index (χ0n) is 15.8. The summed E-state index contributed by atoms with van der Waals surface area (Å²) in [4.78, 5) is 16.0. The predicted octanol–water partition coefficient (Wildman–Crippen LogP) is 3.64. The molecule has 0 radical (unpaired) electrons. The molecule has 1 aliphatic carbocycles. The summed E-state index contributed by atoms with van der Waals surface area (Å²) in [5.74, 6) is -3.43. The van der Waals surface area contributed by atoms with E-state index in [0.29, 0.717) is 19.5 Å². The number of aromatic nitrogens is 1. The molecule has 0 N–H and O–H groups in total. The van der Waals surface area contributed by atoms with E-state index >= 15 is 0 Å². The molecule has 1 aromatic heterocycles. The number of rotatable bonds is 5. The first-order valence-corrected chi connectivity index (χ1v) is 9.86. The number of halogens is 3. The number of aryl methyl sites for hydroxylation is 1. The van der Waals surface area contributed by atoms with E-state index in [0.717, 1.165) is 62.8 Å². The fourth-order valence-electron chi connectivity index (χ4n) is 4.24. The Morgan fingerprint density at radius 3 is 2.46 bits per heavy atom. The summed E-state index contributed by atoms with van der Waals surface area (Å²) in [5, 5.41) is 0. The molecule has 0 saturated carbocycles. The van der Waals surface area contributed by atoms with Gasteiger partial charge in [-0.2, -0.15) is 0 Å². The number of hydrogen-bond donors (Lipinski definition) is 0. The van der Waals surface area contributed by atoms with Crippen LogP contribution in [0.4, 0.5) is 18.9 Å². The molecule has 7 heteroatoms. The highest BCUT2D eigenvalue weighted by atomic mass is 19.2.